The molecule has 0 fully saturated rings. The predicted molar refractivity (Wildman–Crippen MR) is 72.9 cm³/mol. The minimum atomic E-state index is -3.69. The van der Waals surface area contributed by atoms with Crippen molar-refractivity contribution in [2.75, 3.05) is 6.61 Å². The second-order valence-corrected chi connectivity index (χ2v) is 5.79. The van der Waals surface area contributed by atoms with Crippen LogP contribution >= 0.6 is 0 Å². The maximum atomic E-state index is 11.8. The summed E-state index contributed by atoms with van der Waals surface area (Å²) in [6, 6.07) is 8.70. The van der Waals surface area contributed by atoms with Crippen LogP contribution in [0.25, 0.3) is 0 Å². The van der Waals surface area contributed by atoms with Gasteiger partial charge in [0.05, 0.1) is 5.75 Å². The Bertz CT molecular complexity index is 499. The average molecular weight is 285 g/mol. The molecule has 0 aliphatic rings. The van der Waals surface area contributed by atoms with Crippen LogP contribution < -0.4 is 4.72 Å². The number of carbonyl (C=O) groups is 1. The first-order valence-corrected chi connectivity index (χ1v) is 7.83. The second-order valence-electron chi connectivity index (χ2n) is 4.06. The molecule has 0 spiro atoms. The molecule has 0 aromatic heterocycles. The number of benzene rings is 1. The quantitative estimate of drug-likeness (QED) is 0.823. The lowest BCUT2D eigenvalue weighted by Gasteiger charge is -2.14. The molecule has 0 aliphatic carbocycles. The van der Waals surface area contributed by atoms with E-state index in [-0.39, 0.29) is 5.75 Å². The van der Waals surface area contributed by atoms with Crippen molar-refractivity contribution in [3.63, 3.8) is 0 Å². The van der Waals surface area contributed by atoms with E-state index in [1.54, 1.807) is 44.2 Å². The maximum absolute atomic E-state index is 11.8. The van der Waals surface area contributed by atoms with E-state index in [0.29, 0.717) is 18.6 Å². The number of sulfonamides is 1. The molecule has 106 valence electrons. The molecule has 1 aromatic carbocycles. The van der Waals surface area contributed by atoms with E-state index in [4.69, 9.17) is 4.74 Å². The summed E-state index contributed by atoms with van der Waals surface area (Å²) in [6.07, 6.45) is -0.295. The molecule has 1 amide bonds. The summed E-state index contributed by atoms with van der Waals surface area (Å²) in [5.41, 5.74) is 0.632. The zero-order chi connectivity index (χ0) is 14.3. The van der Waals surface area contributed by atoms with Crippen molar-refractivity contribution in [3.8, 4) is 0 Å². The molecule has 0 saturated heterocycles. The Morgan fingerprint density at radius 2 is 1.89 bits per heavy atom. The molecule has 1 atom stereocenters. The Kier molecular flexibility index (Phi) is 5.98. The van der Waals surface area contributed by atoms with Crippen LogP contribution in [0.4, 0.5) is 0 Å². The third kappa shape index (κ3) is 5.40. The highest BCUT2D eigenvalue weighted by Crippen LogP contribution is 2.05. The predicted octanol–water partition coefficient (Wildman–Crippen LogP) is 1.45. The number of hydrogen-bond donors (Lipinski definition) is 1. The smallest absolute Gasteiger partial charge is 0.262 e. The first-order chi connectivity index (χ1) is 8.98. The third-order valence-electron chi connectivity index (χ3n) is 2.49. The van der Waals surface area contributed by atoms with Crippen LogP contribution in [0.5, 0.6) is 0 Å². The summed E-state index contributed by atoms with van der Waals surface area (Å²) in [5.74, 6) is -0.831. The number of nitrogens with one attached hydrogen (secondary N) is 1. The Hall–Kier alpha value is -1.40. The van der Waals surface area contributed by atoms with Crippen LogP contribution in [0, 0.1) is 0 Å². The van der Waals surface area contributed by atoms with Crippen molar-refractivity contribution in [2.45, 2.75) is 32.1 Å². The van der Waals surface area contributed by atoms with Crippen molar-refractivity contribution in [1.29, 1.82) is 0 Å². The molecule has 1 aromatic rings. The Morgan fingerprint density at radius 3 is 2.42 bits per heavy atom. The van der Waals surface area contributed by atoms with Gasteiger partial charge < -0.3 is 4.74 Å². The fourth-order valence-electron chi connectivity index (χ4n) is 1.63. The highest BCUT2D eigenvalue weighted by Gasteiger charge is 2.22. The lowest BCUT2D eigenvalue weighted by molar-refractivity contribution is -0.130. The van der Waals surface area contributed by atoms with Gasteiger partial charge in [-0.2, -0.15) is 0 Å². The van der Waals surface area contributed by atoms with Crippen LogP contribution in [-0.2, 0) is 25.3 Å². The molecule has 5 nitrogen and oxygen atoms in total. The standard InChI is InChI=1S/C13H19NO4S/c1-3-12(18-4-2)13(15)14-19(16,17)10-11-8-6-5-7-9-11/h5-9,12H,3-4,10H2,1-2H3,(H,14,15). The van der Waals surface area contributed by atoms with E-state index < -0.39 is 22.0 Å². The minimum Gasteiger partial charge on any atom is -0.369 e. The number of rotatable bonds is 7. The molecule has 1 rings (SSSR count). The van der Waals surface area contributed by atoms with Gasteiger partial charge in [-0.25, -0.2) is 8.42 Å². The van der Waals surface area contributed by atoms with Gasteiger partial charge in [0.2, 0.25) is 10.0 Å². The number of hydrogen-bond acceptors (Lipinski definition) is 4. The van der Waals surface area contributed by atoms with Gasteiger partial charge in [-0.1, -0.05) is 37.3 Å². The molecule has 0 bridgehead atoms. The van der Waals surface area contributed by atoms with Gasteiger partial charge in [-0.05, 0) is 18.9 Å². The van der Waals surface area contributed by atoms with E-state index in [2.05, 4.69) is 0 Å². The first-order valence-electron chi connectivity index (χ1n) is 6.18. The third-order valence-corrected chi connectivity index (χ3v) is 3.71. The Morgan fingerprint density at radius 1 is 1.26 bits per heavy atom. The Labute approximate surface area is 114 Å². The van der Waals surface area contributed by atoms with Gasteiger partial charge in [0.15, 0.2) is 0 Å². The SMILES string of the molecule is CCOC(CC)C(=O)NS(=O)(=O)Cc1ccccc1. The second kappa shape index (κ2) is 7.25. The summed E-state index contributed by atoms with van der Waals surface area (Å²) in [5, 5.41) is 0. The zero-order valence-corrected chi connectivity index (χ0v) is 11.9. The van der Waals surface area contributed by atoms with Gasteiger partial charge in [0.25, 0.3) is 5.91 Å². The van der Waals surface area contributed by atoms with Gasteiger partial charge in [-0.15, -0.1) is 0 Å². The molecule has 6 heteroatoms. The summed E-state index contributed by atoms with van der Waals surface area (Å²) in [7, 11) is -3.69. The molecule has 1 N–H and O–H groups in total. The van der Waals surface area contributed by atoms with Gasteiger partial charge >= 0.3 is 0 Å². The molecule has 0 saturated carbocycles. The highest BCUT2D eigenvalue weighted by atomic mass is 32.2. The molecule has 0 radical (unpaired) electrons. The summed E-state index contributed by atoms with van der Waals surface area (Å²) >= 11 is 0. The maximum Gasteiger partial charge on any atom is 0.262 e. The monoisotopic (exact) mass is 285 g/mol. The topological polar surface area (TPSA) is 72.5 Å². The molecule has 0 heterocycles. The fraction of sp³-hybridized carbons (Fsp3) is 0.462. The lowest BCUT2D eigenvalue weighted by Crippen LogP contribution is -2.40. The van der Waals surface area contributed by atoms with E-state index >= 15 is 0 Å². The number of ether oxygens (including phenoxy) is 1. The van der Waals surface area contributed by atoms with Crippen LogP contribution in [0.2, 0.25) is 0 Å². The van der Waals surface area contributed by atoms with Crippen molar-refractivity contribution in [3.05, 3.63) is 35.9 Å². The molecule has 0 aliphatic heterocycles. The largest absolute Gasteiger partial charge is 0.369 e. The molecular formula is C13H19NO4S. The summed E-state index contributed by atoms with van der Waals surface area (Å²) in [4.78, 5) is 11.8. The number of carbonyl (C=O) groups excluding carboxylic acids is 1. The minimum absolute atomic E-state index is 0.220. The van der Waals surface area contributed by atoms with E-state index in [9.17, 15) is 13.2 Å². The van der Waals surface area contributed by atoms with E-state index in [0.717, 1.165) is 0 Å². The molecule has 1 unspecified atom stereocenters. The molecular weight excluding hydrogens is 266 g/mol. The number of amides is 1. The highest BCUT2D eigenvalue weighted by molar-refractivity contribution is 7.89. The lowest BCUT2D eigenvalue weighted by atomic mass is 10.2. The Balaban J connectivity index is 2.66. The van der Waals surface area contributed by atoms with Crippen molar-refractivity contribution >= 4 is 15.9 Å². The zero-order valence-electron chi connectivity index (χ0n) is 11.1. The first kappa shape index (κ1) is 15.7. The van der Waals surface area contributed by atoms with Crippen LogP contribution in [-0.4, -0.2) is 27.0 Å². The average Bonchev–Trinajstić information content (AvgIpc) is 2.35. The van der Waals surface area contributed by atoms with Crippen molar-refractivity contribution < 1.29 is 17.9 Å². The van der Waals surface area contributed by atoms with Crippen LogP contribution in [0.3, 0.4) is 0 Å². The van der Waals surface area contributed by atoms with Crippen LogP contribution in [0.1, 0.15) is 25.8 Å². The van der Waals surface area contributed by atoms with E-state index in [1.807, 2.05) is 4.72 Å². The fourth-order valence-corrected chi connectivity index (χ4v) is 2.77. The van der Waals surface area contributed by atoms with Gasteiger partial charge in [-0.3, -0.25) is 9.52 Å². The van der Waals surface area contributed by atoms with Gasteiger partial charge in [0.1, 0.15) is 6.10 Å². The normalized spacial score (nSPS) is 12.9. The van der Waals surface area contributed by atoms with Crippen LogP contribution in [0.15, 0.2) is 30.3 Å². The van der Waals surface area contributed by atoms with Gasteiger partial charge in [0, 0.05) is 6.61 Å². The van der Waals surface area contributed by atoms with E-state index in [1.165, 1.54) is 0 Å². The van der Waals surface area contributed by atoms with Crippen molar-refractivity contribution in [1.82, 2.24) is 4.72 Å². The molecule has 19 heavy (non-hydrogen) atoms. The summed E-state index contributed by atoms with van der Waals surface area (Å²) < 4.78 is 30.9. The van der Waals surface area contributed by atoms with Crippen molar-refractivity contribution in [2.24, 2.45) is 0 Å². The summed E-state index contributed by atoms with van der Waals surface area (Å²) in [6.45, 7) is 3.89.